The van der Waals surface area contributed by atoms with Gasteiger partial charge in [0, 0.05) is 38.0 Å². The van der Waals surface area contributed by atoms with Gasteiger partial charge in [0.2, 0.25) is 0 Å². The Morgan fingerprint density at radius 2 is 2.20 bits per heavy atom. The average molecular weight is 311 g/mol. The maximum atomic E-state index is 12.1. The summed E-state index contributed by atoms with van der Waals surface area (Å²) in [6.07, 6.45) is 2.54. The number of piperazine rings is 1. The van der Waals surface area contributed by atoms with Gasteiger partial charge in [-0.15, -0.1) is 11.3 Å². The van der Waals surface area contributed by atoms with E-state index in [1.54, 1.807) is 11.3 Å². The van der Waals surface area contributed by atoms with E-state index < -0.39 is 0 Å². The van der Waals surface area contributed by atoms with Gasteiger partial charge >= 0.3 is 6.03 Å². The van der Waals surface area contributed by atoms with Crippen LogP contribution in [0.15, 0.2) is 17.5 Å². The van der Waals surface area contributed by atoms with E-state index in [1.165, 1.54) is 23.6 Å². The zero-order valence-electron chi connectivity index (χ0n) is 11.6. The van der Waals surface area contributed by atoms with E-state index in [-0.39, 0.29) is 6.03 Å². The summed E-state index contributed by atoms with van der Waals surface area (Å²) in [6.45, 7) is 4.34. The Labute approximate surface area is 128 Å². The summed E-state index contributed by atoms with van der Waals surface area (Å²) in [7, 11) is 0. The second-order valence-electron chi connectivity index (χ2n) is 5.25. The molecule has 2 aliphatic rings. The maximum Gasteiger partial charge on any atom is 0.317 e. The van der Waals surface area contributed by atoms with Crippen LogP contribution in [0, 0.1) is 0 Å². The summed E-state index contributed by atoms with van der Waals surface area (Å²) >= 11 is 3.76. The van der Waals surface area contributed by atoms with Crippen molar-refractivity contribution in [1.29, 1.82) is 0 Å². The quantitative estimate of drug-likeness (QED) is 0.931. The number of rotatable bonds is 3. The van der Waals surface area contributed by atoms with Crippen LogP contribution in [-0.2, 0) is 0 Å². The van der Waals surface area contributed by atoms with Crippen molar-refractivity contribution in [2.45, 2.75) is 18.1 Å². The summed E-state index contributed by atoms with van der Waals surface area (Å²) in [5.41, 5.74) is 0. The molecule has 2 saturated heterocycles. The molecular weight excluding hydrogens is 290 g/mol. The number of hydrogen-bond donors (Lipinski definition) is 1. The number of urea groups is 1. The van der Waals surface area contributed by atoms with Gasteiger partial charge in [-0.1, -0.05) is 0 Å². The highest BCUT2D eigenvalue weighted by molar-refractivity contribution is 8.00. The Morgan fingerprint density at radius 1 is 1.35 bits per heavy atom. The lowest BCUT2D eigenvalue weighted by molar-refractivity contribution is 0.194. The fourth-order valence-corrected chi connectivity index (χ4v) is 4.68. The van der Waals surface area contributed by atoms with Crippen molar-refractivity contribution in [3.05, 3.63) is 17.5 Å². The average Bonchev–Trinajstić information content (AvgIpc) is 3.18. The number of hydrogen-bond acceptors (Lipinski definition) is 4. The lowest BCUT2D eigenvalue weighted by atomic mass is 10.2. The molecule has 6 heteroatoms. The molecule has 1 atom stereocenters. The fourth-order valence-electron chi connectivity index (χ4n) is 2.70. The van der Waals surface area contributed by atoms with Gasteiger partial charge in [0.25, 0.3) is 0 Å². The Morgan fingerprint density at radius 3 is 2.85 bits per heavy atom. The number of nitrogens with one attached hydrogen (secondary N) is 1. The highest BCUT2D eigenvalue weighted by Gasteiger charge is 2.23. The molecule has 0 saturated carbocycles. The number of carbonyl (C=O) groups is 1. The predicted octanol–water partition coefficient (Wildman–Crippen LogP) is 2.48. The van der Waals surface area contributed by atoms with Gasteiger partial charge in [-0.05, 0) is 36.1 Å². The smallest absolute Gasteiger partial charge is 0.317 e. The number of nitrogens with zero attached hydrogens (tertiary/aromatic N) is 2. The third-order valence-electron chi connectivity index (χ3n) is 3.89. The maximum absolute atomic E-state index is 12.1. The minimum atomic E-state index is 0.114. The van der Waals surface area contributed by atoms with Gasteiger partial charge in [-0.2, -0.15) is 11.8 Å². The van der Waals surface area contributed by atoms with Crippen LogP contribution in [0.1, 0.15) is 12.8 Å². The topological polar surface area (TPSA) is 35.6 Å². The standard InChI is InChI=1S/C14H21N3OS2/c18-14(15-11-12-3-1-9-19-12)17-7-5-16(6-8-17)13-4-2-10-20-13/h2,4,10,12H,1,3,5-9,11H2,(H,15,18)/t12-/m0/s1. The zero-order valence-corrected chi connectivity index (χ0v) is 13.2. The minimum Gasteiger partial charge on any atom is -0.360 e. The van der Waals surface area contributed by atoms with Crippen LogP contribution in [0.25, 0.3) is 0 Å². The van der Waals surface area contributed by atoms with Crippen molar-refractivity contribution < 1.29 is 4.79 Å². The molecule has 4 nitrogen and oxygen atoms in total. The van der Waals surface area contributed by atoms with Gasteiger partial charge < -0.3 is 15.1 Å². The van der Waals surface area contributed by atoms with Gasteiger partial charge in [-0.25, -0.2) is 4.79 Å². The third-order valence-corrected chi connectivity index (χ3v) is 6.22. The molecule has 2 fully saturated rings. The van der Waals surface area contributed by atoms with Crippen LogP contribution >= 0.6 is 23.1 Å². The van der Waals surface area contributed by atoms with E-state index in [4.69, 9.17) is 0 Å². The van der Waals surface area contributed by atoms with Crippen LogP contribution in [-0.4, -0.2) is 54.7 Å². The van der Waals surface area contributed by atoms with Crippen LogP contribution < -0.4 is 10.2 Å². The van der Waals surface area contributed by atoms with Crippen molar-refractivity contribution >= 4 is 34.1 Å². The molecule has 110 valence electrons. The first-order valence-electron chi connectivity index (χ1n) is 7.26. The lowest BCUT2D eigenvalue weighted by Crippen LogP contribution is -2.52. The van der Waals surface area contributed by atoms with Crippen molar-refractivity contribution in [2.24, 2.45) is 0 Å². The molecule has 1 N–H and O–H groups in total. The number of thiophene rings is 1. The van der Waals surface area contributed by atoms with E-state index in [2.05, 4.69) is 27.7 Å². The Balaban J connectivity index is 1.42. The van der Waals surface area contributed by atoms with Gasteiger partial charge in [0.1, 0.15) is 0 Å². The predicted molar refractivity (Wildman–Crippen MR) is 87.0 cm³/mol. The van der Waals surface area contributed by atoms with E-state index >= 15 is 0 Å². The molecule has 3 heterocycles. The SMILES string of the molecule is O=C(NC[C@@H]1CCCS1)N1CCN(c2cccs2)CC1. The number of thioether (sulfide) groups is 1. The van der Waals surface area contributed by atoms with Gasteiger partial charge in [0.15, 0.2) is 0 Å². The summed E-state index contributed by atoms with van der Waals surface area (Å²) in [5.74, 6) is 1.25. The van der Waals surface area contributed by atoms with E-state index in [1.807, 2.05) is 16.7 Å². The fraction of sp³-hybridized carbons (Fsp3) is 0.643. The van der Waals surface area contributed by atoms with Gasteiger partial charge in [0.05, 0.1) is 5.00 Å². The van der Waals surface area contributed by atoms with Crippen LogP contribution in [0.2, 0.25) is 0 Å². The summed E-state index contributed by atoms with van der Waals surface area (Å²) in [6, 6.07) is 4.35. The molecule has 0 radical (unpaired) electrons. The van der Waals surface area contributed by atoms with E-state index in [0.717, 1.165) is 32.7 Å². The number of anilines is 1. The van der Waals surface area contributed by atoms with Crippen LogP contribution in [0.3, 0.4) is 0 Å². The molecule has 0 aromatic carbocycles. The first-order chi connectivity index (χ1) is 9.83. The second-order valence-corrected chi connectivity index (χ2v) is 7.58. The van der Waals surface area contributed by atoms with E-state index in [9.17, 15) is 4.79 Å². The molecule has 3 rings (SSSR count). The Hall–Kier alpha value is -0.880. The molecule has 1 aromatic rings. The molecule has 0 spiro atoms. The largest absolute Gasteiger partial charge is 0.360 e. The lowest BCUT2D eigenvalue weighted by Gasteiger charge is -2.35. The molecule has 1 aromatic heterocycles. The molecule has 0 unspecified atom stereocenters. The van der Waals surface area contributed by atoms with Crippen LogP contribution in [0.5, 0.6) is 0 Å². The summed E-state index contributed by atoms with van der Waals surface area (Å²) in [5, 5.41) is 7.14. The highest BCUT2D eigenvalue weighted by atomic mass is 32.2. The summed E-state index contributed by atoms with van der Waals surface area (Å²) < 4.78 is 0. The van der Waals surface area contributed by atoms with Crippen molar-refractivity contribution in [1.82, 2.24) is 10.2 Å². The third kappa shape index (κ3) is 3.41. The molecule has 20 heavy (non-hydrogen) atoms. The normalized spacial score (nSPS) is 23.1. The van der Waals surface area contributed by atoms with Crippen molar-refractivity contribution in [2.75, 3.05) is 43.4 Å². The second kappa shape index (κ2) is 6.72. The van der Waals surface area contributed by atoms with Crippen LogP contribution in [0.4, 0.5) is 9.80 Å². The van der Waals surface area contributed by atoms with Gasteiger partial charge in [-0.3, -0.25) is 0 Å². The molecule has 0 aliphatic carbocycles. The highest BCUT2D eigenvalue weighted by Crippen LogP contribution is 2.25. The number of amides is 2. The first-order valence-corrected chi connectivity index (χ1v) is 9.18. The first kappa shape index (κ1) is 14.1. The zero-order chi connectivity index (χ0) is 13.8. The Bertz CT molecular complexity index is 424. The minimum absolute atomic E-state index is 0.114. The molecule has 2 aliphatic heterocycles. The molecule has 0 bridgehead atoms. The number of carbonyl (C=O) groups excluding carboxylic acids is 1. The molecule has 2 amide bonds. The van der Waals surface area contributed by atoms with E-state index in [0.29, 0.717) is 5.25 Å². The Kier molecular flexibility index (Phi) is 4.73. The summed E-state index contributed by atoms with van der Waals surface area (Å²) in [4.78, 5) is 16.4. The van der Waals surface area contributed by atoms with Crippen molar-refractivity contribution in [3.63, 3.8) is 0 Å². The molecular formula is C14H21N3OS2. The van der Waals surface area contributed by atoms with Crippen molar-refractivity contribution in [3.8, 4) is 0 Å². The monoisotopic (exact) mass is 311 g/mol.